The molecule has 2 atom stereocenters. The van der Waals surface area contributed by atoms with Gasteiger partial charge in [-0.25, -0.2) is 0 Å². The van der Waals surface area contributed by atoms with E-state index in [4.69, 9.17) is 0 Å². The van der Waals surface area contributed by atoms with Crippen LogP contribution in [-0.4, -0.2) is 62.4 Å². The van der Waals surface area contributed by atoms with E-state index in [9.17, 15) is 4.79 Å². The van der Waals surface area contributed by atoms with Crippen LogP contribution in [-0.2, 0) is 4.79 Å². The Kier molecular flexibility index (Phi) is 4.22. The van der Waals surface area contributed by atoms with E-state index in [0.717, 1.165) is 19.1 Å². The summed E-state index contributed by atoms with van der Waals surface area (Å²) in [7, 11) is 0.965. The molecule has 2 fully saturated rings. The van der Waals surface area contributed by atoms with Gasteiger partial charge in [0.2, 0.25) is 0 Å². The lowest BCUT2D eigenvalue weighted by Crippen LogP contribution is -2.54. The Hall–Kier alpha value is -0.193. The molecule has 2 aliphatic heterocycles. The average Bonchev–Trinajstić information content (AvgIpc) is 2.84. The minimum absolute atomic E-state index is 0.227. The number of carbonyl (C=O) groups is 1. The molecule has 0 aromatic rings. The molecule has 4 heteroatoms. The Morgan fingerprint density at radius 3 is 2.25 bits per heavy atom. The van der Waals surface area contributed by atoms with Crippen LogP contribution in [0.25, 0.3) is 0 Å². The van der Waals surface area contributed by atoms with Crippen molar-refractivity contribution in [3.05, 3.63) is 0 Å². The van der Waals surface area contributed by atoms with E-state index in [1.54, 1.807) is 6.92 Å². The summed E-state index contributed by atoms with van der Waals surface area (Å²) in [4.78, 5) is 17.3. The van der Waals surface area contributed by atoms with E-state index in [1.165, 1.54) is 25.9 Å². The van der Waals surface area contributed by atoms with Gasteiger partial charge in [0.1, 0.15) is 5.78 Å². The molecule has 2 aliphatic rings. The first-order chi connectivity index (χ1) is 9.06. The second-order valence-corrected chi connectivity index (χ2v) is 14.2. The van der Waals surface area contributed by atoms with Crippen LogP contribution in [0.1, 0.15) is 26.7 Å². The van der Waals surface area contributed by atoms with Crippen LogP contribution in [0.2, 0.25) is 25.7 Å². The molecule has 2 rings (SSSR count). The lowest BCUT2D eigenvalue weighted by molar-refractivity contribution is -0.126. The highest BCUT2D eigenvalue weighted by atomic mass is 28.3. The number of Topliss-reactive ketones (excluding diaryl/α,β-unsaturated/α-hetero) is 1. The van der Waals surface area contributed by atoms with Crippen molar-refractivity contribution >= 4 is 13.9 Å². The van der Waals surface area contributed by atoms with Crippen LogP contribution in [0.4, 0.5) is 0 Å². The van der Waals surface area contributed by atoms with Gasteiger partial charge in [0.05, 0.1) is 5.54 Å². The third kappa shape index (κ3) is 3.17. The van der Waals surface area contributed by atoms with E-state index in [2.05, 4.69) is 43.4 Å². The highest BCUT2D eigenvalue weighted by Gasteiger charge is 2.49. The van der Waals surface area contributed by atoms with Crippen molar-refractivity contribution in [2.75, 3.05) is 33.2 Å². The van der Waals surface area contributed by atoms with Gasteiger partial charge >= 0.3 is 0 Å². The summed E-state index contributed by atoms with van der Waals surface area (Å²) in [6.45, 7) is 15.8. The monoisotopic (exact) mass is 296 g/mol. The fourth-order valence-electron chi connectivity index (χ4n) is 4.34. The Labute approximate surface area is 125 Å². The number of nitrogens with zero attached hydrogens (tertiary/aromatic N) is 2. The van der Waals surface area contributed by atoms with E-state index in [0.29, 0.717) is 11.2 Å². The smallest absolute Gasteiger partial charge is 0.149 e. The number of ketones is 1. The van der Waals surface area contributed by atoms with Crippen molar-refractivity contribution < 1.29 is 4.79 Å². The molecule has 0 aliphatic carbocycles. The van der Waals surface area contributed by atoms with Crippen molar-refractivity contribution in [3.63, 3.8) is 0 Å². The van der Waals surface area contributed by atoms with Crippen LogP contribution in [0.3, 0.4) is 0 Å². The molecule has 116 valence electrons. The van der Waals surface area contributed by atoms with E-state index in [1.807, 2.05) is 0 Å². The van der Waals surface area contributed by atoms with Crippen molar-refractivity contribution in [3.8, 4) is 0 Å². The first-order valence-corrected chi connectivity index (χ1v) is 11.7. The van der Waals surface area contributed by atoms with Gasteiger partial charge in [-0.1, -0.05) is 19.6 Å². The first kappa shape index (κ1) is 16.2. The summed E-state index contributed by atoms with van der Waals surface area (Å²) in [5.74, 6) is 0.364. The molecule has 0 amide bonds. The van der Waals surface area contributed by atoms with Crippen LogP contribution >= 0.6 is 0 Å². The van der Waals surface area contributed by atoms with Crippen LogP contribution < -0.4 is 0 Å². The maximum absolute atomic E-state index is 12.4. The van der Waals surface area contributed by atoms with Gasteiger partial charge < -0.3 is 4.90 Å². The van der Waals surface area contributed by atoms with Crippen LogP contribution in [0.15, 0.2) is 0 Å². The van der Waals surface area contributed by atoms with Gasteiger partial charge in [0.15, 0.2) is 0 Å². The average molecular weight is 297 g/mol. The Morgan fingerprint density at radius 1 is 1.20 bits per heavy atom. The molecule has 3 nitrogen and oxygen atoms in total. The minimum Gasteiger partial charge on any atom is -0.306 e. The zero-order valence-corrected chi connectivity index (χ0v) is 15.3. The first-order valence-electron chi connectivity index (χ1n) is 8.01. The van der Waals surface area contributed by atoms with Gasteiger partial charge in [-0.05, 0) is 58.3 Å². The molecule has 0 saturated carbocycles. The van der Waals surface area contributed by atoms with E-state index >= 15 is 0 Å². The summed E-state index contributed by atoms with van der Waals surface area (Å²) in [6, 6.07) is 1.08. The number of rotatable bonds is 4. The number of hydrogen-bond donors (Lipinski definition) is 0. The standard InChI is InChI=1S/C16H32N2OSi/c1-14(19)15(2,13-20(4,5)6)18-10-8-16(12-18)7-9-17(3)11-16/h7-13H2,1-6H3. The molecule has 0 radical (unpaired) electrons. The summed E-state index contributed by atoms with van der Waals surface area (Å²) in [5.41, 5.74) is 0.236. The second kappa shape index (κ2) is 5.22. The molecule has 20 heavy (non-hydrogen) atoms. The summed E-state index contributed by atoms with van der Waals surface area (Å²) < 4.78 is 0. The maximum atomic E-state index is 12.4. The lowest BCUT2D eigenvalue weighted by atomic mass is 9.86. The van der Waals surface area contributed by atoms with Crippen molar-refractivity contribution in [1.29, 1.82) is 0 Å². The highest BCUT2D eigenvalue weighted by Crippen LogP contribution is 2.43. The molecule has 0 aromatic heterocycles. The molecule has 1 spiro atoms. The summed E-state index contributed by atoms with van der Waals surface area (Å²) in [6.07, 6.45) is 2.58. The fourth-order valence-corrected chi connectivity index (χ4v) is 6.88. The Morgan fingerprint density at radius 2 is 1.80 bits per heavy atom. The normalized spacial score (nSPS) is 31.9. The quantitative estimate of drug-likeness (QED) is 0.745. The van der Waals surface area contributed by atoms with Gasteiger partial charge in [-0.15, -0.1) is 0 Å². The topological polar surface area (TPSA) is 23.6 Å². The maximum Gasteiger partial charge on any atom is 0.149 e. The number of carbonyl (C=O) groups excluding carboxylic acids is 1. The molecule has 0 bridgehead atoms. The Bertz CT molecular complexity index is 392. The van der Waals surface area contributed by atoms with E-state index < -0.39 is 8.07 Å². The largest absolute Gasteiger partial charge is 0.306 e. The fraction of sp³-hybridized carbons (Fsp3) is 0.938. The molecule has 2 saturated heterocycles. The molecule has 0 aromatic carbocycles. The van der Waals surface area contributed by atoms with Crippen LogP contribution in [0, 0.1) is 5.41 Å². The SMILES string of the molecule is CC(=O)C(C)(C[Si](C)(C)C)N1CCC2(CCN(C)C2)C1. The zero-order chi connectivity index (χ0) is 15.2. The molecule has 0 N–H and O–H groups in total. The summed E-state index contributed by atoms with van der Waals surface area (Å²) in [5, 5.41) is 0. The Balaban J connectivity index is 2.14. The van der Waals surface area contributed by atoms with Gasteiger partial charge in [-0.2, -0.15) is 0 Å². The van der Waals surface area contributed by atoms with Crippen LogP contribution in [0.5, 0.6) is 0 Å². The minimum atomic E-state index is -1.26. The third-order valence-electron chi connectivity index (χ3n) is 5.40. The number of hydrogen-bond acceptors (Lipinski definition) is 3. The predicted octanol–water partition coefficient (Wildman–Crippen LogP) is 2.70. The number of likely N-dealkylation sites (tertiary alicyclic amines) is 2. The molecule has 2 unspecified atom stereocenters. The second-order valence-electron chi connectivity index (χ2n) is 8.73. The van der Waals surface area contributed by atoms with Gasteiger partial charge in [0, 0.05) is 21.2 Å². The molecular weight excluding hydrogens is 264 g/mol. The summed E-state index contributed by atoms with van der Waals surface area (Å²) >= 11 is 0. The van der Waals surface area contributed by atoms with Crippen molar-refractivity contribution in [2.24, 2.45) is 5.41 Å². The lowest BCUT2D eigenvalue weighted by Gasteiger charge is -2.41. The van der Waals surface area contributed by atoms with Crippen molar-refractivity contribution in [2.45, 2.75) is 57.9 Å². The van der Waals surface area contributed by atoms with E-state index in [-0.39, 0.29) is 5.54 Å². The third-order valence-corrected chi connectivity index (χ3v) is 7.15. The van der Waals surface area contributed by atoms with Crippen molar-refractivity contribution in [1.82, 2.24) is 9.80 Å². The van der Waals surface area contributed by atoms with Gasteiger partial charge in [-0.3, -0.25) is 9.69 Å². The molecule has 2 heterocycles. The molecular formula is C16H32N2OSi. The van der Waals surface area contributed by atoms with Gasteiger partial charge in [0.25, 0.3) is 0 Å². The highest BCUT2D eigenvalue weighted by molar-refractivity contribution is 6.76. The predicted molar refractivity (Wildman–Crippen MR) is 88.0 cm³/mol. The zero-order valence-electron chi connectivity index (χ0n) is 14.3.